The molecule has 0 aliphatic heterocycles. The van der Waals surface area contributed by atoms with Gasteiger partial charge in [0.2, 0.25) is 5.88 Å². The molecule has 0 bridgehead atoms. The maximum absolute atomic E-state index is 9.04. The number of hydrogen-bond acceptors (Lipinski definition) is 4. The number of hydrogen-bond donors (Lipinski definition) is 1. The molecule has 2 rings (SSSR count). The van der Waals surface area contributed by atoms with Crippen LogP contribution in [0.2, 0.25) is 0 Å². The summed E-state index contributed by atoms with van der Waals surface area (Å²) < 4.78 is 5.73. The number of rotatable bonds is 2. The fraction of sp³-hybridized carbons (Fsp3) is 0.500. The van der Waals surface area contributed by atoms with Crippen LogP contribution in [0, 0.1) is 18.3 Å². The van der Waals surface area contributed by atoms with Gasteiger partial charge in [-0.05, 0) is 37.8 Å². The summed E-state index contributed by atoms with van der Waals surface area (Å²) >= 11 is 0. The van der Waals surface area contributed by atoms with Gasteiger partial charge < -0.3 is 10.5 Å². The van der Waals surface area contributed by atoms with E-state index in [4.69, 9.17) is 15.7 Å². The Bertz CT molecular complexity index is 425. The van der Waals surface area contributed by atoms with Crippen LogP contribution in [-0.4, -0.2) is 17.1 Å². The second-order valence-corrected chi connectivity index (χ2v) is 4.17. The molecule has 0 aromatic carbocycles. The first-order valence-corrected chi connectivity index (χ1v) is 5.50. The lowest BCUT2D eigenvalue weighted by molar-refractivity contribution is 0.183. The van der Waals surface area contributed by atoms with Crippen LogP contribution in [0.15, 0.2) is 12.3 Å². The highest BCUT2D eigenvalue weighted by Gasteiger charge is 2.26. The number of aryl methyl sites for hydroxylation is 1. The number of ether oxygens (including phenoxy) is 1. The first-order valence-electron chi connectivity index (χ1n) is 5.50. The SMILES string of the molecule is Cc1ccnc(OC2CCCC2N)c1C#N. The molecule has 1 heterocycles. The summed E-state index contributed by atoms with van der Waals surface area (Å²) in [6, 6.07) is 3.99. The van der Waals surface area contributed by atoms with Crippen LogP contribution < -0.4 is 10.5 Å². The van der Waals surface area contributed by atoms with E-state index in [9.17, 15) is 0 Å². The number of nitrogens with two attached hydrogens (primary N) is 1. The van der Waals surface area contributed by atoms with E-state index in [1.54, 1.807) is 12.3 Å². The van der Waals surface area contributed by atoms with E-state index < -0.39 is 0 Å². The van der Waals surface area contributed by atoms with Gasteiger partial charge in [0.05, 0.1) is 0 Å². The molecule has 84 valence electrons. The molecule has 4 nitrogen and oxygen atoms in total. The number of aromatic nitrogens is 1. The van der Waals surface area contributed by atoms with E-state index in [0.29, 0.717) is 11.4 Å². The molecule has 0 radical (unpaired) electrons. The number of nitrogens with zero attached hydrogens (tertiary/aromatic N) is 2. The molecule has 1 aromatic heterocycles. The Morgan fingerprint density at radius 3 is 3.00 bits per heavy atom. The summed E-state index contributed by atoms with van der Waals surface area (Å²) in [5.41, 5.74) is 7.32. The van der Waals surface area contributed by atoms with E-state index in [1.165, 1.54) is 0 Å². The van der Waals surface area contributed by atoms with Crippen molar-refractivity contribution >= 4 is 0 Å². The van der Waals surface area contributed by atoms with Gasteiger partial charge >= 0.3 is 0 Å². The molecule has 0 amide bonds. The van der Waals surface area contributed by atoms with Crippen molar-refractivity contribution in [2.24, 2.45) is 5.73 Å². The summed E-state index contributed by atoms with van der Waals surface area (Å²) in [5, 5.41) is 9.04. The zero-order valence-corrected chi connectivity index (χ0v) is 9.31. The molecule has 2 unspecified atom stereocenters. The van der Waals surface area contributed by atoms with Crippen LogP contribution in [-0.2, 0) is 0 Å². The van der Waals surface area contributed by atoms with Gasteiger partial charge in [-0.2, -0.15) is 5.26 Å². The summed E-state index contributed by atoms with van der Waals surface area (Å²) in [6.07, 6.45) is 4.67. The predicted octanol–water partition coefficient (Wildman–Crippen LogP) is 1.52. The van der Waals surface area contributed by atoms with Crippen molar-refractivity contribution < 1.29 is 4.74 Å². The van der Waals surface area contributed by atoms with Crippen molar-refractivity contribution in [2.75, 3.05) is 0 Å². The van der Waals surface area contributed by atoms with Gasteiger partial charge in [0, 0.05) is 12.2 Å². The van der Waals surface area contributed by atoms with Crippen molar-refractivity contribution in [3.05, 3.63) is 23.4 Å². The Morgan fingerprint density at radius 1 is 1.56 bits per heavy atom. The third kappa shape index (κ3) is 2.00. The smallest absolute Gasteiger partial charge is 0.232 e. The Labute approximate surface area is 95.0 Å². The molecular formula is C12H15N3O. The first kappa shape index (κ1) is 10.9. The average molecular weight is 217 g/mol. The second kappa shape index (κ2) is 4.50. The predicted molar refractivity (Wildman–Crippen MR) is 59.9 cm³/mol. The average Bonchev–Trinajstić information content (AvgIpc) is 2.65. The molecule has 1 fully saturated rings. The molecule has 1 aliphatic carbocycles. The van der Waals surface area contributed by atoms with Crippen molar-refractivity contribution in [2.45, 2.75) is 38.3 Å². The molecule has 16 heavy (non-hydrogen) atoms. The summed E-state index contributed by atoms with van der Waals surface area (Å²) in [7, 11) is 0. The minimum absolute atomic E-state index is 0.00130. The highest BCUT2D eigenvalue weighted by Crippen LogP contribution is 2.25. The molecule has 1 aromatic rings. The summed E-state index contributed by atoms with van der Waals surface area (Å²) in [6.45, 7) is 1.88. The zero-order valence-electron chi connectivity index (χ0n) is 9.31. The third-order valence-electron chi connectivity index (χ3n) is 3.00. The molecular weight excluding hydrogens is 202 g/mol. The van der Waals surface area contributed by atoms with Gasteiger partial charge in [0.15, 0.2) is 0 Å². The third-order valence-corrected chi connectivity index (χ3v) is 3.00. The molecule has 2 atom stereocenters. The van der Waals surface area contributed by atoms with Crippen LogP contribution in [0.1, 0.15) is 30.4 Å². The quantitative estimate of drug-likeness (QED) is 0.815. The van der Waals surface area contributed by atoms with Gasteiger partial charge in [-0.1, -0.05) is 0 Å². The lowest BCUT2D eigenvalue weighted by Gasteiger charge is -2.17. The zero-order chi connectivity index (χ0) is 11.5. The van der Waals surface area contributed by atoms with Crippen molar-refractivity contribution in [1.82, 2.24) is 4.98 Å². The van der Waals surface area contributed by atoms with Crippen molar-refractivity contribution in [3.8, 4) is 11.9 Å². The first-order chi connectivity index (χ1) is 7.72. The van der Waals surface area contributed by atoms with Gasteiger partial charge in [0.1, 0.15) is 17.7 Å². The molecule has 0 saturated heterocycles. The van der Waals surface area contributed by atoms with E-state index in [0.717, 1.165) is 24.8 Å². The van der Waals surface area contributed by atoms with Crippen LogP contribution in [0.5, 0.6) is 5.88 Å². The lowest BCUT2D eigenvalue weighted by atomic mass is 10.1. The molecule has 1 saturated carbocycles. The molecule has 1 aliphatic rings. The van der Waals surface area contributed by atoms with E-state index >= 15 is 0 Å². The van der Waals surface area contributed by atoms with Gasteiger partial charge in [-0.15, -0.1) is 0 Å². The van der Waals surface area contributed by atoms with Crippen molar-refractivity contribution in [3.63, 3.8) is 0 Å². The fourth-order valence-electron chi connectivity index (χ4n) is 2.00. The summed E-state index contributed by atoms with van der Waals surface area (Å²) in [5.74, 6) is 0.421. The highest BCUT2D eigenvalue weighted by atomic mass is 16.5. The Hall–Kier alpha value is -1.60. The van der Waals surface area contributed by atoms with E-state index in [2.05, 4.69) is 11.1 Å². The van der Waals surface area contributed by atoms with Gasteiger partial charge in [-0.3, -0.25) is 0 Å². The monoisotopic (exact) mass is 217 g/mol. The maximum Gasteiger partial charge on any atom is 0.232 e. The number of pyridine rings is 1. The minimum atomic E-state index is 0.00130. The second-order valence-electron chi connectivity index (χ2n) is 4.17. The van der Waals surface area contributed by atoms with Gasteiger partial charge in [0.25, 0.3) is 0 Å². The number of nitriles is 1. The standard InChI is InChI=1S/C12H15N3O/c1-8-5-6-15-12(9(8)7-13)16-11-4-2-3-10(11)14/h5-6,10-11H,2-4,14H2,1H3. The Kier molecular flexibility index (Phi) is 3.07. The fourth-order valence-corrected chi connectivity index (χ4v) is 2.00. The maximum atomic E-state index is 9.04. The normalized spacial score (nSPS) is 24.1. The van der Waals surface area contributed by atoms with Crippen molar-refractivity contribution in [1.29, 1.82) is 5.26 Å². The van der Waals surface area contributed by atoms with Crippen LogP contribution in [0.3, 0.4) is 0 Å². The minimum Gasteiger partial charge on any atom is -0.472 e. The largest absolute Gasteiger partial charge is 0.472 e. The lowest BCUT2D eigenvalue weighted by Crippen LogP contribution is -2.34. The van der Waals surface area contributed by atoms with Crippen LogP contribution in [0.25, 0.3) is 0 Å². The molecule has 0 spiro atoms. The highest BCUT2D eigenvalue weighted by molar-refractivity contribution is 5.43. The topological polar surface area (TPSA) is 71.9 Å². The van der Waals surface area contributed by atoms with E-state index in [1.807, 2.05) is 6.92 Å². The van der Waals surface area contributed by atoms with Crippen LogP contribution in [0.4, 0.5) is 0 Å². The summed E-state index contributed by atoms with van der Waals surface area (Å²) in [4.78, 5) is 4.11. The van der Waals surface area contributed by atoms with E-state index in [-0.39, 0.29) is 12.1 Å². The molecule has 2 N–H and O–H groups in total. The Balaban J connectivity index is 2.21. The molecule has 4 heteroatoms. The Morgan fingerprint density at radius 2 is 2.38 bits per heavy atom. The van der Waals surface area contributed by atoms with Crippen LogP contribution >= 0.6 is 0 Å². The van der Waals surface area contributed by atoms with Gasteiger partial charge in [-0.25, -0.2) is 4.98 Å².